The molecular weight excluding hydrogens is 222 g/mol. The van der Waals surface area contributed by atoms with Gasteiger partial charge in [0.25, 0.3) is 5.91 Å². The first-order valence-corrected chi connectivity index (χ1v) is 5.99. The van der Waals surface area contributed by atoms with Crippen LogP contribution in [0.3, 0.4) is 0 Å². The molecule has 98 valence electrons. The molecule has 6 nitrogen and oxygen atoms in total. The minimum atomic E-state index is -0.372. The lowest BCUT2D eigenvalue weighted by Gasteiger charge is -2.24. The second-order valence-electron chi connectivity index (χ2n) is 4.36. The highest BCUT2D eigenvalue weighted by Crippen LogP contribution is 2.20. The van der Waals surface area contributed by atoms with Gasteiger partial charge in [0.15, 0.2) is 5.84 Å². The number of carbonyl (C=O) groups excluding carboxylic acids is 1. The van der Waals surface area contributed by atoms with Crippen molar-refractivity contribution in [1.82, 2.24) is 4.90 Å². The van der Waals surface area contributed by atoms with Gasteiger partial charge in [0.05, 0.1) is 12.6 Å². The van der Waals surface area contributed by atoms with E-state index < -0.39 is 0 Å². The normalized spacial score (nSPS) is 24.9. The summed E-state index contributed by atoms with van der Waals surface area (Å²) in [5, 5.41) is 11.4. The number of hydrogen-bond acceptors (Lipinski definition) is 4. The van der Waals surface area contributed by atoms with Gasteiger partial charge in [-0.25, -0.2) is 0 Å². The molecule has 0 radical (unpaired) electrons. The van der Waals surface area contributed by atoms with Crippen LogP contribution in [0.15, 0.2) is 5.16 Å². The van der Waals surface area contributed by atoms with E-state index >= 15 is 0 Å². The van der Waals surface area contributed by atoms with E-state index in [9.17, 15) is 4.79 Å². The van der Waals surface area contributed by atoms with Crippen molar-refractivity contribution in [3.63, 3.8) is 0 Å². The van der Waals surface area contributed by atoms with Crippen molar-refractivity contribution in [2.75, 3.05) is 13.1 Å². The minimum Gasteiger partial charge on any atom is -0.409 e. The molecule has 2 unspecified atom stereocenters. The first kappa shape index (κ1) is 13.8. The molecule has 3 N–H and O–H groups in total. The summed E-state index contributed by atoms with van der Waals surface area (Å²) < 4.78 is 5.53. The van der Waals surface area contributed by atoms with E-state index in [2.05, 4.69) is 5.16 Å². The van der Waals surface area contributed by atoms with Crippen LogP contribution in [-0.4, -0.2) is 47.1 Å². The second-order valence-corrected chi connectivity index (χ2v) is 4.36. The van der Waals surface area contributed by atoms with Gasteiger partial charge in [0, 0.05) is 6.54 Å². The lowest BCUT2D eigenvalue weighted by molar-refractivity contribution is -0.141. The predicted octanol–water partition coefficient (Wildman–Crippen LogP) is 0.539. The van der Waals surface area contributed by atoms with Gasteiger partial charge in [-0.1, -0.05) is 12.1 Å². The zero-order valence-electron chi connectivity index (χ0n) is 10.4. The Labute approximate surface area is 101 Å². The lowest BCUT2D eigenvalue weighted by atomic mass is 10.2. The molecule has 0 aromatic carbocycles. The Bertz CT molecular complexity index is 294. The molecule has 0 saturated carbocycles. The van der Waals surface area contributed by atoms with Crippen LogP contribution in [0.25, 0.3) is 0 Å². The molecule has 1 rings (SSSR count). The fraction of sp³-hybridized carbons (Fsp3) is 0.818. The van der Waals surface area contributed by atoms with Crippen molar-refractivity contribution in [2.45, 2.75) is 45.3 Å². The van der Waals surface area contributed by atoms with Gasteiger partial charge in [0.2, 0.25) is 0 Å². The van der Waals surface area contributed by atoms with Crippen molar-refractivity contribution in [3.8, 4) is 0 Å². The molecule has 0 bridgehead atoms. The van der Waals surface area contributed by atoms with Gasteiger partial charge >= 0.3 is 0 Å². The molecule has 1 fully saturated rings. The Morgan fingerprint density at radius 1 is 1.59 bits per heavy atom. The zero-order valence-corrected chi connectivity index (χ0v) is 10.4. The van der Waals surface area contributed by atoms with Gasteiger partial charge < -0.3 is 20.6 Å². The zero-order chi connectivity index (χ0) is 12.8. The molecular formula is C11H21N3O3. The van der Waals surface area contributed by atoms with Gasteiger partial charge in [-0.05, 0) is 26.2 Å². The van der Waals surface area contributed by atoms with Gasteiger partial charge in [-0.15, -0.1) is 0 Å². The quantitative estimate of drug-likeness (QED) is 0.319. The average Bonchev–Trinajstić information content (AvgIpc) is 2.74. The summed E-state index contributed by atoms with van der Waals surface area (Å²) in [7, 11) is 0. The van der Waals surface area contributed by atoms with Crippen LogP contribution in [0.4, 0.5) is 0 Å². The van der Waals surface area contributed by atoms with Gasteiger partial charge in [0.1, 0.15) is 6.10 Å². The minimum absolute atomic E-state index is 0.0397. The van der Waals surface area contributed by atoms with Crippen LogP contribution < -0.4 is 5.73 Å². The number of oxime groups is 1. The summed E-state index contributed by atoms with van der Waals surface area (Å²) in [4.78, 5) is 13.7. The second kappa shape index (κ2) is 6.44. The molecule has 2 atom stereocenters. The number of carbonyl (C=O) groups is 1. The Hall–Kier alpha value is -1.30. The molecule has 1 heterocycles. The van der Waals surface area contributed by atoms with E-state index in [-0.39, 0.29) is 30.5 Å². The van der Waals surface area contributed by atoms with E-state index in [1.807, 2.05) is 13.8 Å². The maximum atomic E-state index is 12.1. The van der Waals surface area contributed by atoms with Crippen LogP contribution in [0.2, 0.25) is 0 Å². The molecule has 1 aliphatic rings. The summed E-state index contributed by atoms with van der Waals surface area (Å²) in [6.45, 7) is 4.67. The number of hydrogen-bond donors (Lipinski definition) is 2. The number of nitrogens with two attached hydrogens (primary N) is 1. The van der Waals surface area contributed by atoms with Crippen molar-refractivity contribution >= 4 is 11.7 Å². The SMILES string of the molecule is CCCN(CC(N)=NO)C(=O)C1CCC(C)O1. The first-order valence-electron chi connectivity index (χ1n) is 5.99. The Kier molecular flexibility index (Phi) is 5.21. The lowest BCUT2D eigenvalue weighted by Crippen LogP contribution is -2.44. The standard InChI is InChI=1S/C11H21N3O3/c1-3-6-14(7-10(12)13-16)11(15)9-5-4-8(2)17-9/h8-9,16H,3-7H2,1-2H3,(H2,12,13). The van der Waals surface area contributed by atoms with Crippen LogP contribution >= 0.6 is 0 Å². The molecule has 1 amide bonds. The number of amidine groups is 1. The smallest absolute Gasteiger partial charge is 0.252 e. The predicted molar refractivity (Wildman–Crippen MR) is 63.8 cm³/mol. The number of nitrogens with zero attached hydrogens (tertiary/aromatic N) is 2. The highest BCUT2D eigenvalue weighted by molar-refractivity contribution is 5.88. The molecule has 0 aromatic heterocycles. The maximum Gasteiger partial charge on any atom is 0.252 e. The van der Waals surface area contributed by atoms with E-state index in [1.165, 1.54) is 0 Å². The molecule has 0 aliphatic carbocycles. The summed E-state index contributed by atoms with van der Waals surface area (Å²) in [5.74, 6) is -0.0272. The fourth-order valence-corrected chi connectivity index (χ4v) is 1.95. The van der Waals surface area contributed by atoms with Gasteiger partial charge in [-0.3, -0.25) is 4.79 Å². The topological polar surface area (TPSA) is 88.1 Å². The van der Waals surface area contributed by atoms with E-state index in [4.69, 9.17) is 15.7 Å². The monoisotopic (exact) mass is 243 g/mol. The molecule has 0 aromatic rings. The maximum absolute atomic E-state index is 12.1. The molecule has 0 spiro atoms. The van der Waals surface area contributed by atoms with E-state index in [0.717, 1.165) is 19.3 Å². The Morgan fingerprint density at radius 2 is 2.29 bits per heavy atom. The highest BCUT2D eigenvalue weighted by Gasteiger charge is 2.31. The van der Waals surface area contributed by atoms with Crippen LogP contribution in [0, 0.1) is 0 Å². The third-order valence-corrected chi connectivity index (χ3v) is 2.79. The fourth-order valence-electron chi connectivity index (χ4n) is 1.95. The average molecular weight is 243 g/mol. The van der Waals surface area contributed by atoms with Crippen molar-refractivity contribution in [1.29, 1.82) is 0 Å². The summed E-state index contributed by atoms with van der Waals surface area (Å²) >= 11 is 0. The van der Waals surface area contributed by atoms with Crippen molar-refractivity contribution in [2.24, 2.45) is 10.9 Å². The molecule has 17 heavy (non-hydrogen) atoms. The van der Waals surface area contributed by atoms with Crippen molar-refractivity contribution < 1.29 is 14.7 Å². The molecule has 1 aliphatic heterocycles. The van der Waals surface area contributed by atoms with Crippen LogP contribution in [0.5, 0.6) is 0 Å². The van der Waals surface area contributed by atoms with E-state index in [1.54, 1.807) is 4.90 Å². The van der Waals surface area contributed by atoms with Gasteiger partial charge in [-0.2, -0.15) is 0 Å². The van der Waals surface area contributed by atoms with Crippen molar-refractivity contribution in [3.05, 3.63) is 0 Å². The van der Waals surface area contributed by atoms with Crippen LogP contribution in [0.1, 0.15) is 33.1 Å². The van der Waals surface area contributed by atoms with E-state index in [0.29, 0.717) is 6.54 Å². The number of ether oxygens (including phenoxy) is 1. The molecule has 1 saturated heterocycles. The number of rotatable bonds is 5. The summed E-state index contributed by atoms with van der Waals surface area (Å²) in [6.07, 6.45) is 2.24. The largest absolute Gasteiger partial charge is 0.409 e. The Balaban J connectivity index is 2.60. The first-order chi connectivity index (χ1) is 8.08. The number of amides is 1. The highest BCUT2D eigenvalue weighted by atomic mass is 16.5. The summed E-state index contributed by atoms with van der Waals surface area (Å²) in [5.41, 5.74) is 5.43. The summed E-state index contributed by atoms with van der Waals surface area (Å²) in [6, 6.07) is 0. The third kappa shape index (κ3) is 3.89. The van der Waals surface area contributed by atoms with Crippen LogP contribution in [-0.2, 0) is 9.53 Å². The third-order valence-electron chi connectivity index (χ3n) is 2.79. The Morgan fingerprint density at radius 3 is 2.76 bits per heavy atom. The molecule has 6 heteroatoms.